The van der Waals surface area contributed by atoms with Gasteiger partial charge in [0.1, 0.15) is 5.75 Å². The van der Waals surface area contributed by atoms with E-state index in [4.69, 9.17) is 9.47 Å². The van der Waals surface area contributed by atoms with E-state index in [0.29, 0.717) is 32.7 Å². The van der Waals surface area contributed by atoms with Crippen molar-refractivity contribution in [1.82, 2.24) is 4.90 Å². The maximum atomic E-state index is 12.1. The van der Waals surface area contributed by atoms with Gasteiger partial charge in [-0.05, 0) is 30.0 Å². The molecule has 1 aromatic rings. The minimum Gasteiger partial charge on any atom is -0.441 e. The first-order chi connectivity index (χ1) is 10.9. The third-order valence-electron chi connectivity index (χ3n) is 3.77. The number of carbonyl (C=O) groups is 1. The lowest BCUT2D eigenvalue weighted by Gasteiger charge is -2.40. The van der Waals surface area contributed by atoms with Crippen molar-refractivity contribution >= 4 is 6.09 Å². The number of carbonyl (C=O) groups excluding carboxylic acids is 1. The number of halogens is 3. The maximum absolute atomic E-state index is 12.1. The van der Waals surface area contributed by atoms with Crippen LogP contribution in [-0.4, -0.2) is 49.8 Å². The molecule has 1 aromatic carbocycles. The minimum absolute atomic E-state index is 0.136. The molecular formula is C15H16F3NO4. The number of rotatable bonds is 4. The zero-order valence-corrected chi connectivity index (χ0v) is 12.2. The molecule has 0 radical (unpaired) electrons. The van der Waals surface area contributed by atoms with Crippen molar-refractivity contribution in [2.45, 2.75) is 18.9 Å². The van der Waals surface area contributed by atoms with Gasteiger partial charge < -0.3 is 19.1 Å². The maximum Gasteiger partial charge on any atom is 0.573 e. The van der Waals surface area contributed by atoms with E-state index in [1.54, 1.807) is 17.0 Å². The second-order valence-corrected chi connectivity index (χ2v) is 5.71. The van der Waals surface area contributed by atoms with Gasteiger partial charge in [-0.3, -0.25) is 0 Å². The molecule has 0 spiro atoms. The number of amides is 1. The number of ether oxygens (including phenoxy) is 3. The van der Waals surface area contributed by atoms with Crippen molar-refractivity contribution in [3.05, 3.63) is 29.8 Å². The Hall–Kier alpha value is -1.96. The standard InChI is InChI=1S/C15H16F3NO4/c16-15(17,18)23-12-3-1-10(2-4-12)5-11-6-19(7-11)14(20)22-13-8-21-9-13/h1-4,11,13H,5-9H2. The number of hydrogen-bond donors (Lipinski definition) is 0. The highest BCUT2D eigenvalue weighted by molar-refractivity contribution is 5.69. The Morgan fingerprint density at radius 1 is 1.22 bits per heavy atom. The van der Waals surface area contributed by atoms with Crippen molar-refractivity contribution in [3.8, 4) is 5.75 Å². The van der Waals surface area contributed by atoms with Crippen LogP contribution in [0.15, 0.2) is 24.3 Å². The molecule has 2 heterocycles. The second-order valence-electron chi connectivity index (χ2n) is 5.71. The number of alkyl halides is 3. The Morgan fingerprint density at radius 3 is 2.39 bits per heavy atom. The van der Waals surface area contributed by atoms with E-state index >= 15 is 0 Å². The summed E-state index contributed by atoms with van der Waals surface area (Å²) in [7, 11) is 0. The van der Waals surface area contributed by atoms with Gasteiger partial charge in [-0.1, -0.05) is 12.1 Å². The molecule has 2 aliphatic rings. The van der Waals surface area contributed by atoms with Crippen LogP contribution in [0.2, 0.25) is 0 Å². The van der Waals surface area contributed by atoms with Gasteiger partial charge in [0.05, 0.1) is 13.2 Å². The van der Waals surface area contributed by atoms with Gasteiger partial charge in [0.15, 0.2) is 6.10 Å². The lowest BCUT2D eigenvalue weighted by Crippen LogP contribution is -2.53. The van der Waals surface area contributed by atoms with Crippen LogP contribution in [0.4, 0.5) is 18.0 Å². The Balaban J connectivity index is 1.41. The Kier molecular flexibility index (Phi) is 4.34. The van der Waals surface area contributed by atoms with Crippen LogP contribution in [0.1, 0.15) is 5.56 Å². The number of nitrogens with zero attached hydrogens (tertiary/aromatic N) is 1. The van der Waals surface area contributed by atoms with Gasteiger partial charge in [0.2, 0.25) is 0 Å². The SMILES string of the molecule is O=C(OC1COC1)N1CC(Cc2ccc(OC(F)(F)F)cc2)C1. The summed E-state index contributed by atoms with van der Waals surface area (Å²) in [5, 5.41) is 0. The molecule has 23 heavy (non-hydrogen) atoms. The Morgan fingerprint density at radius 2 is 1.87 bits per heavy atom. The number of benzene rings is 1. The molecule has 0 atom stereocenters. The monoisotopic (exact) mass is 331 g/mol. The summed E-state index contributed by atoms with van der Waals surface area (Å²) >= 11 is 0. The first kappa shape index (κ1) is 15.9. The van der Waals surface area contributed by atoms with E-state index in [0.717, 1.165) is 5.56 Å². The summed E-state index contributed by atoms with van der Waals surface area (Å²) in [5.41, 5.74) is 0.907. The fourth-order valence-electron chi connectivity index (χ4n) is 2.51. The van der Waals surface area contributed by atoms with Gasteiger partial charge in [0.25, 0.3) is 0 Å². The summed E-state index contributed by atoms with van der Waals surface area (Å²) < 4.78 is 50.2. The van der Waals surface area contributed by atoms with Crippen molar-refractivity contribution in [3.63, 3.8) is 0 Å². The molecule has 0 aromatic heterocycles. The average molecular weight is 331 g/mol. The second kappa shape index (κ2) is 6.27. The van der Waals surface area contributed by atoms with Crippen LogP contribution in [0.25, 0.3) is 0 Å². The predicted molar refractivity (Wildman–Crippen MR) is 73.0 cm³/mol. The molecule has 2 fully saturated rings. The largest absolute Gasteiger partial charge is 0.573 e. The van der Waals surface area contributed by atoms with Crippen molar-refractivity contribution < 1.29 is 32.2 Å². The molecule has 0 unspecified atom stereocenters. The fourth-order valence-corrected chi connectivity index (χ4v) is 2.51. The predicted octanol–water partition coefficient (Wildman–Crippen LogP) is 2.59. The summed E-state index contributed by atoms with van der Waals surface area (Å²) in [6.07, 6.45) is -4.45. The number of likely N-dealkylation sites (tertiary alicyclic amines) is 1. The zero-order chi connectivity index (χ0) is 16.4. The lowest BCUT2D eigenvalue weighted by atomic mass is 9.92. The molecule has 2 saturated heterocycles. The molecule has 0 aliphatic carbocycles. The van der Waals surface area contributed by atoms with Gasteiger partial charge in [-0.2, -0.15) is 0 Å². The molecule has 126 valence electrons. The Bertz CT molecular complexity index is 551. The van der Waals surface area contributed by atoms with Gasteiger partial charge in [0, 0.05) is 13.1 Å². The third kappa shape index (κ3) is 4.28. The highest BCUT2D eigenvalue weighted by atomic mass is 19.4. The van der Waals surface area contributed by atoms with E-state index < -0.39 is 6.36 Å². The van der Waals surface area contributed by atoms with Crippen LogP contribution < -0.4 is 4.74 Å². The van der Waals surface area contributed by atoms with Gasteiger partial charge in [-0.15, -0.1) is 13.2 Å². The Labute approximate surface area is 130 Å². The van der Waals surface area contributed by atoms with Crippen LogP contribution in [0.5, 0.6) is 5.75 Å². The van der Waals surface area contributed by atoms with Crippen molar-refractivity contribution in [1.29, 1.82) is 0 Å². The first-order valence-corrected chi connectivity index (χ1v) is 7.27. The molecule has 0 N–H and O–H groups in total. The van der Waals surface area contributed by atoms with E-state index in [1.807, 2.05) is 0 Å². The lowest BCUT2D eigenvalue weighted by molar-refractivity contribution is -0.274. The third-order valence-corrected chi connectivity index (χ3v) is 3.77. The fraction of sp³-hybridized carbons (Fsp3) is 0.533. The highest BCUT2D eigenvalue weighted by Gasteiger charge is 2.34. The van der Waals surface area contributed by atoms with E-state index in [2.05, 4.69) is 4.74 Å². The summed E-state index contributed by atoms with van der Waals surface area (Å²) in [5.74, 6) is 0.0531. The summed E-state index contributed by atoms with van der Waals surface area (Å²) in [4.78, 5) is 13.3. The molecule has 0 bridgehead atoms. The smallest absolute Gasteiger partial charge is 0.441 e. The molecule has 0 saturated carbocycles. The van der Waals surface area contributed by atoms with E-state index in [9.17, 15) is 18.0 Å². The number of hydrogen-bond acceptors (Lipinski definition) is 4. The zero-order valence-electron chi connectivity index (χ0n) is 12.2. The summed E-state index contributed by atoms with van der Waals surface area (Å²) in [6.45, 7) is 2.09. The molecule has 5 nitrogen and oxygen atoms in total. The molecule has 3 rings (SSSR count). The van der Waals surface area contributed by atoms with E-state index in [-0.39, 0.29) is 23.9 Å². The molecular weight excluding hydrogens is 315 g/mol. The van der Waals surface area contributed by atoms with Crippen LogP contribution in [0, 0.1) is 5.92 Å². The normalized spacial score (nSPS) is 19.0. The molecule has 8 heteroatoms. The minimum atomic E-state index is -4.68. The van der Waals surface area contributed by atoms with Gasteiger partial charge in [-0.25, -0.2) is 4.79 Å². The quantitative estimate of drug-likeness (QED) is 0.851. The van der Waals surface area contributed by atoms with Crippen LogP contribution in [-0.2, 0) is 15.9 Å². The topological polar surface area (TPSA) is 48.0 Å². The van der Waals surface area contributed by atoms with Crippen molar-refractivity contribution in [2.75, 3.05) is 26.3 Å². The average Bonchev–Trinajstić information content (AvgIpc) is 2.37. The molecule has 2 aliphatic heterocycles. The van der Waals surface area contributed by atoms with Gasteiger partial charge >= 0.3 is 12.5 Å². The van der Waals surface area contributed by atoms with Crippen molar-refractivity contribution in [2.24, 2.45) is 5.92 Å². The van der Waals surface area contributed by atoms with Crippen LogP contribution in [0.3, 0.4) is 0 Å². The van der Waals surface area contributed by atoms with E-state index in [1.165, 1.54) is 12.1 Å². The van der Waals surface area contributed by atoms with Crippen LogP contribution >= 0.6 is 0 Å². The first-order valence-electron chi connectivity index (χ1n) is 7.27. The highest BCUT2D eigenvalue weighted by Crippen LogP contribution is 2.26. The molecule has 1 amide bonds. The summed E-state index contributed by atoms with van der Waals surface area (Å²) in [6, 6.07) is 5.80.